The molecule has 0 amide bonds. The van der Waals surface area contributed by atoms with Crippen LogP contribution < -0.4 is 0 Å². The van der Waals surface area contributed by atoms with Gasteiger partial charge in [-0.2, -0.15) is 8.42 Å². The van der Waals surface area contributed by atoms with Crippen LogP contribution in [0.3, 0.4) is 0 Å². The minimum absolute atomic E-state index is 0.0221. The van der Waals surface area contributed by atoms with Gasteiger partial charge in [-0.25, -0.2) is 0 Å². The Bertz CT molecular complexity index is 1820. The van der Waals surface area contributed by atoms with E-state index in [9.17, 15) is 18.0 Å². The third-order valence-corrected chi connectivity index (χ3v) is 12.9. The van der Waals surface area contributed by atoms with E-state index in [0.29, 0.717) is 311 Å². The van der Waals surface area contributed by atoms with Crippen LogP contribution in [0.4, 0.5) is 0 Å². The second kappa shape index (κ2) is 79.4. The predicted molar refractivity (Wildman–Crippen MR) is 344 cm³/mol. The summed E-state index contributed by atoms with van der Waals surface area (Å²) in [4.78, 5) is 22.0. The number of benzene rings is 1. The van der Waals surface area contributed by atoms with Gasteiger partial charge in [0.15, 0.2) is 0 Å². The number of aryl methyl sites for hydroxylation is 1. The van der Waals surface area contributed by atoms with Crippen molar-refractivity contribution >= 4 is 22.1 Å². The summed E-state index contributed by atoms with van der Waals surface area (Å²) < 4.78 is 168. The zero-order chi connectivity index (χ0) is 69.5. The highest BCUT2D eigenvalue weighted by atomic mass is 32.2. The highest BCUT2D eigenvalue weighted by Crippen LogP contribution is 2.13. The maximum atomic E-state index is 12.1. The van der Waals surface area contributed by atoms with Gasteiger partial charge >= 0.3 is 11.9 Å². The van der Waals surface area contributed by atoms with Crippen LogP contribution in [-0.4, -0.2) is 370 Å². The van der Waals surface area contributed by atoms with E-state index in [1.807, 2.05) is 6.92 Å². The number of carbonyl (C=O) groups excluding carboxylic acids is 2. The molecule has 0 heterocycles. The van der Waals surface area contributed by atoms with Crippen molar-refractivity contribution in [1.29, 1.82) is 0 Å². The molecule has 96 heavy (non-hydrogen) atoms. The van der Waals surface area contributed by atoms with E-state index >= 15 is 0 Å². The molecule has 0 fully saturated rings. The lowest BCUT2D eigenvalue weighted by Gasteiger charge is -2.09. The lowest BCUT2D eigenvalue weighted by Crippen LogP contribution is -2.16. The fraction of sp³-hybridized carbons (Fsp3) is 0.873. The van der Waals surface area contributed by atoms with Crippen LogP contribution in [0.15, 0.2) is 29.2 Å². The fourth-order valence-electron chi connectivity index (χ4n) is 6.60. The molecule has 568 valence electrons. The largest absolute Gasteiger partial charge is 0.469 e. The van der Waals surface area contributed by atoms with Crippen LogP contribution in [0.1, 0.15) is 18.4 Å². The number of ether oxygens (including phenoxy) is 26. The van der Waals surface area contributed by atoms with Gasteiger partial charge in [-0.3, -0.25) is 13.8 Å². The predicted octanol–water partition coefficient (Wildman–Crippen LogP) is 1.20. The lowest BCUT2D eigenvalue weighted by molar-refractivity contribution is -0.142. The minimum atomic E-state index is -3.78. The first-order valence-electron chi connectivity index (χ1n) is 32.8. The number of aliphatic hydroxyl groups is 1. The molecule has 0 spiro atoms. The Hall–Kier alpha value is -2.93. The molecule has 1 aromatic rings. The summed E-state index contributed by atoms with van der Waals surface area (Å²) >= 11 is 0. The summed E-state index contributed by atoms with van der Waals surface area (Å²) in [5.41, 5.74) is 0.971. The van der Waals surface area contributed by atoms with Crippen LogP contribution in [0.5, 0.6) is 0 Å². The van der Waals surface area contributed by atoms with E-state index < -0.39 is 10.1 Å². The van der Waals surface area contributed by atoms with Gasteiger partial charge in [0.25, 0.3) is 10.1 Å². The average Bonchev–Trinajstić information content (AvgIpc) is 1.19. The molecule has 0 aliphatic carbocycles. The molecule has 32 nitrogen and oxygen atoms in total. The van der Waals surface area contributed by atoms with E-state index in [-0.39, 0.29) is 49.5 Å². The number of hydrogen-bond acceptors (Lipinski definition) is 32. The molecule has 1 aromatic carbocycles. The van der Waals surface area contributed by atoms with Crippen LogP contribution >= 0.6 is 0 Å². The third-order valence-electron chi connectivity index (χ3n) is 11.6. The first-order valence-corrected chi connectivity index (χ1v) is 34.2. The van der Waals surface area contributed by atoms with Crippen LogP contribution in [-0.2, 0) is 147 Å². The number of methoxy groups -OCH3 is 2. The number of carbonyl (C=O) groups is 2. The Morgan fingerprint density at radius 1 is 0.260 bits per heavy atom. The Balaban J connectivity index is 0.00000192. The fourth-order valence-corrected chi connectivity index (χ4v) is 7.49. The van der Waals surface area contributed by atoms with Crippen molar-refractivity contribution in [1.82, 2.24) is 0 Å². The number of esters is 2. The van der Waals surface area contributed by atoms with Crippen molar-refractivity contribution < 1.29 is 150 Å². The van der Waals surface area contributed by atoms with Crippen LogP contribution in [0.25, 0.3) is 0 Å². The van der Waals surface area contributed by atoms with Gasteiger partial charge < -0.3 is 128 Å². The average molecular weight is 1420 g/mol. The molecule has 0 atom stereocenters. The highest BCUT2D eigenvalue weighted by molar-refractivity contribution is 7.86. The van der Waals surface area contributed by atoms with Crippen molar-refractivity contribution in [3.63, 3.8) is 0 Å². The van der Waals surface area contributed by atoms with Crippen LogP contribution in [0.2, 0.25) is 0 Å². The van der Waals surface area contributed by atoms with Gasteiger partial charge in [-0.1, -0.05) is 17.7 Å². The standard InChI is InChI=1S/C35H62O17S.C28H56O15/c1-33-3-5-34(6-4-33)53(37,38)52-32-31-51-30-29-50-28-27-49-26-25-48-24-23-47-22-21-46-20-19-45-18-17-44-16-15-43-14-13-42-12-11-41-10-9-40-8-7-35(36)39-2;1-31-28(30)2-4-32-6-8-34-10-12-36-14-16-38-18-20-40-22-24-42-26-27-43-25-23-41-21-19-39-17-15-37-13-11-35-9-7-33-5-3-29/h3-6H,7-32H2,1-2H3;29H,2-27H2,1H3. The number of aliphatic hydroxyl groups excluding tert-OH is 1. The van der Waals surface area contributed by atoms with E-state index in [4.69, 9.17) is 123 Å². The van der Waals surface area contributed by atoms with Gasteiger partial charge in [0.2, 0.25) is 0 Å². The third kappa shape index (κ3) is 75.3. The van der Waals surface area contributed by atoms with Crippen molar-refractivity contribution in [2.75, 3.05) is 345 Å². The minimum Gasteiger partial charge on any atom is -0.469 e. The quantitative estimate of drug-likeness (QED) is 0.0544. The van der Waals surface area contributed by atoms with Crippen LogP contribution in [0, 0.1) is 6.92 Å². The maximum Gasteiger partial charge on any atom is 0.307 e. The molecule has 33 heteroatoms. The van der Waals surface area contributed by atoms with E-state index in [1.165, 1.54) is 26.4 Å². The first-order chi connectivity index (χ1) is 47.3. The first kappa shape index (κ1) is 93.1. The number of rotatable bonds is 79. The second-order valence-corrected chi connectivity index (χ2v) is 20.8. The van der Waals surface area contributed by atoms with Crippen molar-refractivity contribution in [2.24, 2.45) is 0 Å². The molecule has 0 aliphatic rings. The summed E-state index contributed by atoms with van der Waals surface area (Å²) in [6.07, 6.45) is 0.480. The highest BCUT2D eigenvalue weighted by Gasteiger charge is 2.14. The Labute approximate surface area is 569 Å². The smallest absolute Gasteiger partial charge is 0.307 e. The lowest BCUT2D eigenvalue weighted by atomic mass is 10.2. The molecule has 0 radical (unpaired) electrons. The molecule has 0 unspecified atom stereocenters. The van der Waals surface area contributed by atoms with Gasteiger partial charge in [-0.15, -0.1) is 0 Å². The Morgan fingerprint density at radius 2 is 0.417 bits per heavy atom. The second-order valence-electron chi connectivity index (χ2n) is 19.2. The summed E-state index contributed by atoms with van der Waals surface area (Å²) in [7, 11) is -1.08. The summed E-state index contributed by atoms with van der Waals surface area (Å²) in [5.74, 6) is -0.580. The monoisotopic (exact) mass is 1420 g/mol. The molecule has 1 rings (SSSR count). The summed E-state index contributed by atoms with van der Waals surface area (Å²) in [5, 5.41) is 8.57. The van der Waals surface area contributed by atoms with Crippen molar-refractivity contribution in [3.8, 4) is 0 Å². The van der Waals surface area contributed by atoms with Crippen molar-refractivity contribution in [2.45, 2.75) is 24.7 Å². The molecule has 0 aliphatic heterocycles. The Kier molecular flexibility index (Phi) is 77.0. The molecule has 0 saturated carbocycles. The molecular weight excluding hydrogens is 1300 g/mol. The Morgan fingerprint density at radius 3 is 0.583 bits per heavy atom. The van der Waals surface area contributed by atoms with Gasteiger partial charge in [-0.05, 0) is 19.1 Å². The normalized spacial score (nSPS) is 11.6. The van der Waals surface area contributed by atoms with Gasteiger partial charge in [0.05, 0.1) is 362 Å². The molecule has 0 saturated heterocycles. The molecule has 0 bridgehead atoms. The van der Waals surface area contributed by atoms with E-state index in [0.717, 1.165) is 5.56 Å². The van der Waals surface area contributed by atoms with Gasteiger partial charge in [0, 0.05) is 0 Å². The molecular formula is C63H118O32S. The molecule has 0 aromatic heterocycles. The van der Waals surface area contributed by atoms with E-state index in [2.05, 4.69) is 9.47 Å². The topological polar surface area (TPSA) is 338 Å². The zero-order valence-electron chi connectivity index (χ0n) is 57.6. The van der Waals surface area contributed by atoms with Crippen molar-refractivity contribution in [3.05, 3.63) is 29.8 Å². The maximum absolute atomic E-state index is 12.1. The van der Waals surface area contributed by atoms with E-state index in [1.54, 1.807) is 12.1 Å². The summed E-state index contributed by atoms with van der Waals surface area (Å²) in [6, 6.07) is 6.47. The SMILES string of the molecule is COC(=O)CCOCCOCCOCCOCCOCCOCCOCCOCCOCCOCCOCCOCCO.COC(=O)CCOCCOCCOCCOCCOCCOCCOCCOCCOCCOCCOCCOCCOS(=O)(=O)c1ccc(C)cc1. The number of hydrogen-bond donors (Lipinski definition) is 1. The van der Waals surface area contributed by atoms with Gasteiger partial charge in [0.1, 0.15) is 0 Å². The summed E-state index contributed by atoms with van der Waals surface area (Å²) in [6.45, 7) is 23.6. The molecule has 1 N–H and O–H groups in total. The zero-order valence-corrected chi connectivity index (χ0v) is 58.4.